The number of thiocarbonyl (C=S) groups is 1. The highest BCUT2D eigenvalue weighted by molar-refractivity contribution is 7.80. The number of hydrogen-bond acceptors (Lipinski definition) is 4. The summed E-state index contributed by atoms with van der Waals surface area (Å²) < 4.78 is 1.26. The molecule has 0 aliphatic rings. The van der Waals surface area contributed by atoms with Crippen molar-refractivity contribution in [2.75, 3.05) is 18.0 Å². The van der Waals surface area contributed by atoms with Crippen LogP contribution < -0.4 is 16.2 Å². The molecule has 1 heterocycles. The first-order valence-corrected chi connectivity index (χ1v) is 5.59. The summed E-state index contributed by atoms with van der Waals surface area (Å²) in [5, 5.41) is 4.03. The van der Waals surface area contributed by atoms with Crippen LogP contribution in [0.25, 0.3) is 0 Å². The SMILES string of the molecule is CCN(CC)c1cnn(CC(N)=S)c(=O)c1. The van der Waals surface area contributed by atoms with Crippen molar-refractivity contribution in [2.24, 2.45) is 5.73 Å². The molecule has 6 heteroatoms. The van der Waals surface area contributed by atoms with E-state index in [1.165, 1.54) is 4.68 Å². The molecule has 0 radical (unpaired) electrons. The summed E-state index contributed by atoms with van der Waals surface area (Å²) >= 11 is 4.73. The number of aromatic nitrogens is 2. The summed E-state index contributed by atoms with van der Waals surface area (Å²) in [6.07, 6.45) is 1.66. The lowest BCUT2D eigenvalue weighted by Gasteiger charge is -2.20. The Bertz CT molecular complexity index is 425. The zero-order chi connectivity index (χ0) is 12.1. The molecular formula is C10H16N4OS. The van der Waals surface area contributed by atoms with E-state index in [-0.39, 0.29) is 17.1 Å². The summed E-state index contributed by atoms with van der Waals surface area (Å²) in [5.41, 5.74) is 6.01. The molecule has 0 saturated heterocycles. The van der Waals surface area contributed by atoms with E-state index < -0.39 is 0 Å². The summed E-state index contributed by atoms with van der Waals surface area (Å²) in [4.78, 5) is 14.0. The second-order valence-electron chi connectivity index (χ2n) is 3.35. The van der Waals surface area contributed by atoms with Crippen molar-refractivity contribution < 1.29 is 0 Å². The van der Waals surface area contributed by atoms with E-state index in [1.54, 1.807) is 12.3 Å². The smallest absolute Gasteiger partial charge is 0.269 e. The van der Waals surface area contributed by atoms with E-state index >= 15 is 0 Å². The third-order valence-corrected chi connectivity index (χ3v) is 2.42. The van der Waals surface area contributed by atoms with Gasteiger partial charge in [-0.15, -0.1) is 0 Å². The molecule has 88 valence electrons. The maximum atomic E-state index is 11.7. The molecule has 2 N–H and O–H groups in total. The number of anilines is 1. The van der Waals surface area contributed by atoms with Gasteiger partial charge in [-0.05, 0) is 13.8 Å². The predicted molar refractivity (Wildman–Crippen MR) is 68.8 cm³/mol. The van der Waals surface area contributed by atoms with Gasteiger partial charge in [0.05, 0.1) is 23.4 Å². The summed E-state index contributed by atoms with van der Waals surface area (Å²) in [6, 6.07) is 1.55. The van der Waals surface area contributed by atoms with Gasteiger partial charge in [0.15, 0.2) is 0 Å². The fourth-order valence-corrected chi connectivity index (χ4v) is 1.57. The Balaban J connectivity index is 2.99. The van der Waals surface area contributed by atoms with E-state index in [4.69, 9.17) is 18.0 Å². The van der Waals surface area contributed by atoms with Gasteiger partial charge in [0, 0.05) is 19.2 Å². The van der Waals surface area contributed by atoms with Gasteiger partial charge in [-0.1, -0.05) is 12.2 Å². The van der Waals surface area contributed by atoms with E-state index in [2.05, 4.69) is 10.00 Å². The van der Waals surface area contributed by atoms with Crippen molar-refractivity contribution in [1.29, 1.82) is 0 Å². The lowest BCUT2D eigenvalue weighted by molar-refractivity contribution is 0.668. The van der Waals surface area contributed by atoms with Crippen LogP contribution in [0.2, 0.25) is 0 Å². The standard InChI is InChI=1S/C10H16N4OS/c1-3-13(4-2)8-5-10(15)14(12-6-8)7-9(11)16/h5-6H,3-4,7H2,1-2H3,(H2,11,16). The Kier molecular flexibility index (Phi) is 4.42. The summed E-state index contributed by atoms with van der Waals surface area (Å²) in [5.74, 6) is 0. The third kappa shape index (κ3) is 3.03. The van der Waals surface area contributed by atoms with Crippen molar-refractivity contribution in [3.8, 4) is 0 Å². The minimum absolute atomic E-state index is 0.183. The predicted octanol–water partition coefficient (Wildman–Crippen LogP) is 0.376. The van der Waals surface area contributed by atoms with Gasteiger partial charge >= 0.3 is 0 Å². The van der Waals surface area contributed by atoms with Crippen LogP contribution in [0.1, 0.15) is 13.8 Å². The van der Waals surface area contributed by atoms with Gasteiger partial charge < -0.3 is 10.6 Å². The van der Waals surface area contributed by atoms with Crippen molar-refractivity contribution in [2.45, 2.75) is 20.4 Å². The number of nitrogens with zero attached hydrogens (tertiary/aromatic N) is 3. The Labute approximate surface area is 99.9 Å². The van der Waals surface area contributed by atoms with Crippen molar-refractivity contribution in [1.82, 2.24) is 9.78 Å². The van der Waals surface area contributed by atoms with Crippen LogP contribution in [0.4, 0.5) is 5.69 Å². The topological polar surface area (TPSA) is 64.2 Å². The Morgan fingerprint density at radius 2 is 2.19 bits per heavy atom. The van der Waals surface area contributed by atoms with Crippen molar-refractivity contribution in [3.05, 3.63) is 22.6 Å². The second kappa shape index (κ2) is 5.60. The van der Waals surface area contributed by atoms with Crippen LogP contribution in [-0.4, -0.2) is 27.9 Å². The van der Waals surface area contributed by atoms with Crippen molar-refractivity contribution >= 4 is 22.9 Å². The zero-order valence-corrected chi connectivity index (χ0v) is 10.3. The van der Waals surface area contributed by atoms with E-state index in [1.807, 2.05) is 13.8 Å². The Morgan fingerprint density at radius 3 is 2.62 bits per heavy atom. The molecule has 0 atom stereocenters. The van der Waals surface area contributed by atoms with Gasteiger partial charge in [-0.3, -0.25) is 4.79 Å². The molecule has 1 aromatic rings. The monoisotopic (exact) mass is 240 g/mol. The van der Waals surface area contributed by atoms with Crippen LogP contribution >= 0.6 is 12.2 Å². The quantitative estimate of drug-likeness (QED) is 0.754. The normalized spacial score (nSPS) is 10.1. The van der Waals surface area contributed by atoms with Crippen LogP contribution in [-0.2, 0) is 6.54 Å². The molecule has 0 amide bonds. The lowest BCUT2D eigenvalue weighted by atomic mass is 10.4. The van der Waals surface area contributed by atoms with Crippen LogP contribution in [0.15, 0.2) is 17.1 Å². The van der Waals surface area contributed by atoms with Gasteiger partial charge in [0.2, 0.25) is 0 Å². The summed E-state index contributed by atoms with van der Waals surface area (Å²) in [6.45, 7) is 5.94. The Morgan fingerprint density at radius 1 is 1.56 bits per heavy atom. The molecular weight excluding hydrogens is 224 g/mol. The van der Waals surface area contributed by atoms with Gasteiger partial charge in [0.1, 0.15) is 0 Å². The molecule has 0 fully saturated rings. The fraction of sp³-hybridized carbons (Fsp3) is 0.500. The highest BCUT2D eigenvalue weighted by Gasteiger charge is 2.05. The summed E-state index contributed by atoms with van der Waals surface area (Å²) in [7, 11) is 0. The fourth-order valence-electron chi connectivity index (χ4n) is 1.45. The maximum Gasteiger partial charge on any atom is 0.269 e. The molecule has 16 heavy (non-hydrogen) atoms. The molecule has 0 aliphatic carbocycles. The van der Waals surface area contributed by atoms with Crippen LogP contribution in [0, 0.1) is 0 Å². The molecule has 0 spiro atoms. The van der Waals surface area contributed by atoms with Crippen molar-refractivity contribution in [3.63, 3.8) is 0 Å². The lowest BCUT2D eigenvalue weighted by Crippen LogP contribution is -2.31. The van der Waals surface area contributed by atoms with Gasteiger partial charge in [0.25, 0.3) is 5.56 Å². The molecule has 0 saturated carbocycles. The Hall–Kier alpha value is -1.43. The molecule has 0 unspecified atom stereocenters. The highest BCUT2D eigenvalue weighted by Crippen LogP contribution is 2.07. The van der Waals surface area contributed by atoms with E-state index in [0.29, 0.717) is 0 Å². The molecule has 1 rings (SSSR count). The second-order valence-corrected chi connectivity index (χ2v) is 3.87. The number of nitrogens with two attached hydrogens (primary N) is 1. The van der Waals surface area contributed by atoms with Crippen LogP contribution in [0.3, 0.4) is 0 Å². The minimum atomic E-state index is -0.183. The average Bonchev–Trinajstić information content (AvgIpc) is 2.23. The largest absolute Gasteiger partial charge is 0.392 e. The van der Waals surface area contributed by atoms with E-state index in [9.17, 15) is 4.79 Å². The highest BCUT2D eigenvalue weighted by atomic mass is 32.1. The third-order valence-electron chi connectivity index (χ3n) is 2.29. The first kappa shape index (κ1) is 12.6. The number of rotatable bonds is 5. The van der Waals surface area contributed by atoms with E-state index in [0.717, 1.165) is 18.8 Å². The first-order valence-electron chi connectivity index (χ1n) is 5.18. The molecule has 0 aliphatic heterocycles. The zero-order valence-electron chi connectivity index (χ0n) is 9.51. The molecule has 1 aromatic heterocycles. The van der Waals surface area contributed by atoms with Gasteiger partial charge in [-0.25, -0.2) is 4.68 Å². The molecule has 5 nitrogen and oxygen atoms in total. The number of hydrogen-bond donors (Lipinski definition) is 1. The maximum absolute atomic E-state index is 11.7. The minimum Gasteiger partial charge on any atom is -0.392 e. The average molecular weight is 240 g/mol. The molecule has 0 aromatic carbocycles. The first-order chi connectivity index (χ1) is 7.58. The van der Waals surface area contributed by atoms with Crippen LogP contribution in [0.5, 0.6) is 0 Å². The molecule has 0 bridgehead atoms. The van der Waals surface area contributed by atoms with Gasteiger partial charge in [-0.2, -0.15) is 5.10 Å².